The van der Waals surface area contributed by atoms with Crippen molar-refractivity contribution in [3.63, 3.8) is 0 Å². The SMILES string of the molecule is COC(=O)N1CCC(COc2cccc(C(O)CCN)c2)CC1. The van der Waals surface area contributed by atoms with Crippen LogP contribution in [0.2, 0.25) is 0 Å². The van der Waals surface area contributed by atoms with Gasteiger partial charge in [-0.2, -0.15) is 0 Å². The first-order valence-corrected chi connectivity index (χ1v) is 8.07. The van der Waals surface area contributed by atoms with Crippen LogP contribution in [0.4, 0.5) is 4.79 Å². The van der Waals surface area contributed by atoms with Gasteiger partial charge < -0.3 is 25.2 Å². The molecule has 6 nitrogen and oxygen atoms in total. The summed E-state index contributed by atoms with van der Waals surface area (Å²) in [6.07, 6.45) is 1.54. The van der Waals surface area contributed by atoms with Crippen LogP contribution in [0.25, 0.3) is 0 Å². The number of methoxy groups -OCH3 is 1. The summed E-state index contributed by atoms with van der Waals surface area (Å²) in [4.78, 5) is 13.2. The lowest BCUT2D eigenvalue weighted by Crippen LogP contribution is -2.39. The Labute approximate surface area is 137 Å². The Balaban J connectivity index is 1.80. The van der Waals surface area contributed by atoms with Crippen molar-refractivity contribution in [2.24, 2.45) is 11.7 Å². The van der Waals surface area contributed by atoms with E-state index in [1.807, 2.05) is 24.3 Å². The van der Waals surface area contributed by atoms with Gasteiger partial charge in [0.2, 0.25) is 0 Å². The van der Waals surface area contributed by atoms with Gasteiger partial charge in [0.1, 0.15) is 5.75 Å². The molecule has 1 aromatic rings. The molecule has 128 valence electrons. The predicted molar refractivity (Wildman–Crippen MR) is 87.3 cm³/mol. The summed E-state index contributed by atoms with van der Waals surface area (Å²) >= 11 is 0. The largest absolute Gasteiger partial charge is 0.493 e. The number of rotatable bonds is 6. The lowest BCUT2D eigenvalue weighted by molar-refractivity contribution is 0.0964. The first-order chi connectivity index (χ1) is 11.1. The van der Waals surface area contributed by atoms with Gasteiger partial charge >= 0.3 is 6.09 Å². The predicted octanol–water partition coefficient (Wildman–Crippen LogP) is 1.93. The molecular weight excluding hydrogens is 296 g/mol. The minimum atomic E-state index is -0.549. The molecule has 1 aliphatic rings. The first-order valence-electron chi connectivity index (χ1n) is 8.07. The summed E-state index contributed by atoms with van der Waals surface area (Å²) in [7, 11) is 1.41. The van der Waals surface area contributed by atoms with E-state index in [2.05, 4.69) is 0 Å². The fourth-order valence-corrected chi connectivity index (χ4v) is 2.76. The van der Waals surface area contributed by atoms with Crippen molar-refractivity contribution in [2.45, 2.75) is 25.4 Å². The third-order valence-electron chi connectivity index (χ3n) is 4.22. The van der Waals surface area contributed by atoms with E-state index in [1.165, 1.54) is 7.11 Å². The molecule has 3 N–H and O–H groups in total. The zero-order valence-electron chi connectivity index (χ0n) is 13.6. The molecule has 0 saturated carbocycles. The number of amides is 1. The second-order valence-electron chi connectivity index (χ2n) is 5.88. The Bertz CT molecular complexity index is 501. The summed E-state index contributed by atoms with van der Waals surface area (Å²) in [6.45, 7) is 2.47. The van der Waals surface area contributed by atoms with Gasteiger partial charge in [-0.1, -0.05) is 12.1 Å². The molecule has 6 heteroatoms. The number of aliphatic hydroxyl groups is 1. The smallest absolute Gasteiger partial charge is 0.409 e. The highest BCUT2D eigenvalue weighted by Crippen LogP contribution is 2.23. The molecule has 1 aromatic carbocycles. The average molecular weight is 322 g/mol. The molecule has 0 spiro atoms. The van der Waals surface area contributed by atoms with E-state index in [0.717, 1.165) is 24.2 Å². The number of hydrogen-bond acceptors (Lipinski definition) is 5. The Hall–Kier alpha value is -1.79. The Morgan fingerprint density at radius 2 is 2.17 bits per heavy atom. The molecule has 0 radical (unpaired) electrons. The lowest BCUT2D eigenvalue weighted by atomic mass is 9.98. The number of nitrogens with two attached hydrogens (primary N) is 1. The van der Waals surface area contributed by atoms with Crippen molar-refractivity contribution < 1.29 is 19.4 Å². The summed E-state index contributed by atoms with van der Waals surface area (Å²) < 4.78 is 10.6. The third kappa shape index (κ3) is 5.11. The highest BCUT2D eigenvalue weighted by molar-refractivity contribution is 5.67. The maximum absolute atomic E-state index is 11.4. The van der Waals surface area contributed by atoms with Crippen molar-refractivity contribution in [3.8, 4) is 5.75 Å². The standard InChI is InChI=1S/C17H26N2O4/c1-22-17(21)19-9-6-13(7-10-19)12-23-15-4-2-3-14(11-15)16(20)5-8-18/h2-4,11,13,16,20H,5-10,12,18H2,1H3. The van der Waals surface area contributed by atoms with Crippen molar-refractivity contribution in [1.82, 2.24) is 4.90 Å². The van der Waals surface area contributed by atoms with Gasteiger partial charge in [0.05, 0.1) is 19.8 Å². The number of carbonyl (C=O) groups is 1. The number of aliphatic hydroxyl groups excluding tert-OH is 1. The summed E-state index contributed by atoms with van der Waals surface area (Å²) in [5.41, 5.74) is 6.30. The maximum atomic E-state index is 11.4. The summed E-state index contributed by atoms with van der Waals surface area (Å²) in [5.74, 6) is 1.18. The molecule has 1 aliphatic heterocycles. The fourth-order valence-electron chi connectivity index (χ4n) is 2.76. The zero-order valence-corrected chi connectivity index (χ0v) is 13.6. The van der Waals surface area contributed by atoms with E-state index in [4.69, 9.17) is 15.2 Å². The molecule has 1 fully saturated rings. The molecular formula is C17H26N2O4. The quantitative estimate of drug-likeness (QED) is 0.836. The molecule has 2 rings (SSSR count). The molecule has 1 amide bonds. The molecule has 0 aromatic heterocycles. The molecule has 1 atom stereocenters. The van der Waals surface area contributed by atoms with Gasteiger partial charge in [-0.15, -0.1) is 0 Å². The Morgan fingerprint density at radius 3 is 2.83 bits per heavy atom. The van der Waals surface area contributed by atoms with E-state index in [1.54, 1.807) is 4.90 Å². The van der Waals surface area contributed by atoms with Gasteiger partial charge in [0.25, 0.3) is 0 Å². The third-order valence-corrected chi connectivity index (χ3v) is 4.22. The Morgan fingerprint density at radius 1 is 1.43 bits per heavy atom. The first kappa shape index (κ1) is 17.6. The van der Waals surface area contributed by atoms with Crippen molar-refractivity contribution >= 4 is 6.09 Å². The van der Waals surface area contributed by atoms with Crippen LogP contribution in [0.5, 0.6) is 5.75 Å². The zero-order chi connectivity index (χ0) is 16.7. The molecule has 1 unspecified atom stereocenters. The molecule has 1 saturated heterocycles. The van der Waals surface area contributed by atoms with Crippen LogP contribution < -0.4 is 10.5 Å². The lowest BCUT2D eigenvalue weighted by Gasteiger charge is -2.30. The summed E-state index contributed by atoms with van der Waals surface area (Å²) in [6, 6.07) is 7.51. The average Bonchev–Trinajstić information content (AvgIpc) is 2.60. The van der Waals surface area contributed by atoms with E-state index < -0.39 is 6.10 Å². The van der Waals surface area contributed by atoms with E-state index >= 15 is 0 Å². The highest BCUT2D eigenvalue weighted by Gasteiger charge is 2.23. The number of ether oxygens (including phenoxy) is 2. The van der Waals surface area contributed by atoms with Gasteiger partial charge in [0.15, 0.2) is 0 Å². The van der Waals surface area contributed by atoms with E-state index in [0.29, 0.717) is 38.6 Å². The number of piperidine rings is 1. The van der Waals surface area contributed by atoms with Gasteiger partial charge in [-0.05, 0) is 49.4 Å². The van der Waals surface area contributed by atoms with Crippen molar-refractivity contribution in [1.29, 1.82) is 0 Å². The number of likely N-dealkylation sites (tertiary alicyclic amines) is 1. The van der Waals surface area contributed by atoms with Gasteiger partial charge in [-0.3, -0.25) is 0 Å². The second kappa shape index (κ2) is 8.74. The maximum Gasteiger partial charge on any atom is 0.409 e. The van der Waals surface area contributed by atoms with Crippen LogP contribution in [-0.2, 0) is 4.74 Å². The molecule has 0 bridgehead atoms. The minimum absolute atomic E-state index is 0.258. The second-order valence-corrected chi connectivity index (χ2v) is 5.88. The van der Waals surface area contributed by atoms with Crippen LogP contribution in [-0.4, -0.2) is 49.5 Å². The van der Waals surface area contributed by atoms with Crippen molar-refractivity contribution in [3.05, 3.63) is 29.8 Å². The van der Waals surface area contributed by atoms with E-state index in [-0.39, 0.29) is 6.09 Å². The van der Waals surface area contributed by atoms with Gasteiger partial charge in [-0.25, -0.2) is 4.79 Å². The molecule has 23 heavy (non-hydrogen) atoms. The van der Waals surface area contributed by atoms with Crippen LogP contribution in [0.15, 0.2) is 24.3 Å². The number of hydrogen-bond donors (Lipinski definition) is 2. The normalized spacial score (nSPS) is 16.9. The highest BCUT2D eigenvalue weighted by atomic mass is 16.5. The minimum Gasteiger partial charge on any atom is -0.493 e. The number of nitrogens with zero attached hydrogens (tertiary/aromatic N) is 1. The summed E-state index contributed by atoms with van der Waals surface area (Å²) in [5, 5.41) is 9.98. The molecule has 0 aliphatic carbocycles. The number of carbonyl (C=O) groups excluding carboxylic acids is 1. The van der Waals surface area contributed by atoms with E-state index in [9.17, 15) is 9.90 Å². The van der Waals surface area contributed by atoms with Crippen LogP contribution >= 0.6 is 0 Å². The van der Waals surface area contributed by atoms with Crippen LogP contribution in [0, 0.1) is 5.92 Å². The fraction of sp³-hybridized carbons (Fsp3) is 0.588. The molecule has 1 heterocycles. The Kier molecular flexibility index (Phi) is 6.67. The van der Waals surface area contributed by atoms with Gasteiger partial charge in [0, 0.05) is 13.1 Å². The number of benzene rings is 1. The topological polar surface area (TPSA) is 85.0 Å². The van der Waals surface area contributed by atoms with Crippen molar-refractivity contribution in [2.75, 3.05) is 33.4 Å². The monoisotopic (exact) mass is 322 g/mol. The van der Waals surface area contributed by atoms with Crippen LogP contribution in [0.3, 0.4) is 0 Å². The van der Waals surface area contributed by atoms with Crippen LogP contribution in [0.1, 0.15) is 30.9 Å².